The number of nitrogens with one attached hydrogen (secondary N) is 5. The number of carbonyl (C=O) groups excluding carboxylic acids is 7. The SMILES string of the molecule is CN[C@@H](CCCCNC(=O)CC[C@H](CC(=O)CC[C@H](NC(=O)COCCOCCCC(=O)COCCOCCNC(=O)CC[C@H](NC(=O)CCCCCCCCCCCCCCCCC(=O)O)C(=O)O)C(=O)O)C(=O)O)C(C)=O. The van der Waals surface area contributed by atoms with Gasteiger partial charge < -0.3 is 66.0 Å². The van der Waals surface area contributed by atoms with E-state index in [0.717, 1.165) is 51.4 Å². The van der Waals surface area contributed by atoms with Gasteiger partial charge in [0, 0.05) is 64.6 Å². The van der Waals surface area contributed by atoms with Gasteiger partial charge in [0.25, 0.3) is 0 Å². The van der Waals surface area contributed by atoms with Crippen molar-refractivity contribution in [3.63, 3.8) is 0 Å². The van der Waals surface area contributed by atoms with E-state index in [9.17, 15) is 68.1 Å². The number of carboxylic acids is 4. The van der Waals surface area contributed by atoms with Crippen molar-refractivity contribution in [3.05, 3.63) is 0 Å². The van der Waals surface area contributed by atoms with Crippen LogP contribution >= 0.6 is 0 Å². The molecule has 0 unspecified atom stereocenters. The number of hydrogen-bond acceptors (Lipinski definition) is 16. The molecule has 0 aromatic rings. The summed E-state index contributed by atoms with van der Waals surface area (Å²) in [6, 6.07) is -2.85. The third kappa shape index (κ3) is 46.1. The van der Waals surface area contributed by atoms with Gasteiger partial charge >= 0.3 is 23.9 Å². The van der Waals surface area contributed by atoms with Gasteiger partial charge in [0.15, 0.2) is 5.78 Å². The highest BCUT2D eigenvalue weighted by atomic mass is 16.5. The van der Waals surface area contributed by atoms with Gasteiger partial charge in [0.2, 0.25) is 23.6 Å². The Hall–Kier alpha value is -5.43. The Kier molecular flexibility index (Phi) is 46.2. The zero-order chi connectivity index (χ0) is 58.9. The molecule has 4 atom stereocenters. The van der Waals surface area contributed by atoms with Crippen LogP contribution in [0.25, 0.3) is 0 Å². The van der Waals surface area contributed by atoms with E-state index in [4.69, 9.17) is 24.1 Å². The summed E-state index contributed by atoms with van der Waals surface area (Å²) in [6.45, 7) is 2.17. The van der Waals surface area contributed by atoms with Gasteiger partial charge in [0.1, 0.15) is 36.9 Å². The second-order valence-electron chi connectivity index (χ2n) is 19.8. The van der Waals surface area contributed by atoms with Gasteiger partial charge in [-0.15, -0.1) is 0 Å². The topological polar surface area (TPSA) is 366 Å². The molecule has 0 spiro atoms. The molecule has 0 fully saturated rings. The number of carbonyl (C=O) groups is 11. The quantitative estimate of drug-likeness (QED) is 0.0380. The standard InChI is InChI=1S/C55H95N5O19/c1-41(61)45(56-2)21-17-18-30-57-48(64)28-24-42(53(70)71)38-43(62)25-26-46(54(72)73)60-51(67)40-79-37-34-76-32-19-20-44(63)39-78-36-35-77-33-31-58-49(65)29-27-47(55(74)75)59-50(66)22-15-13-11-9-7-5-3-4-6-8-10-12-14-16-23-52(68)69/h42,45-47,56H,3-40H2,1-2H3,(H,57,64)(H,58,65)(H,59,66)(H,60,67)(H,68,69)(H,70,71)(H,72,73)(H,74,75)/t42-,45+,46+,47+/m1/s1. The summed E-state index contributed by atoms with van der Waals surface area (Å²) in [5.41, 5.74) is 0. The molecule has 0 aromatic heterocycles. The first-order chi connectivity index (χ1) is 37.9. The van der Waals surface area contributed by atoms with Crippen LogP contribution in [0.5, 0.6) is 0 Å². The molecule has 0 heterocycles. The second kappa shape index (κ2) is 49.6. The largest absolute Gasteiger partial charge is 0.481 e. The first kappa shape index (κ1) is 73.6. The molecule has 79 heavy (non-hydrogen) atoms. The number of likely N-dealkylation sites (N-methyl/N-ethyl adjacent to an activating group) is 1. The molecule has 0 saturated heterocycles. The molecule has 24 heteroatoms. The zero-order valence-electron chi connectivity index (χ0n) is 47.1. The van der Waals surface area contributed by atoms with Crippen LogP contribution in [0.15, 0.2) is 0 Å². The maximum Gasteiger partial charge on any atom is 0.326 e. The smallest absolute Gasteiger partial charge is 0.326 e. The lowest BCUT2D eigenvalue weighted by molar-refractivity contribution is -0.145. The van der Waals surface area contributed by atoms with Crippen LogP contribution in [-0.4, -0.2) is 176 Å². The summed E-state index contributed by atoms with van der Waals surface area (Å²) in [4.78, 5) is 131. The number of rotatable bonds is 57. The normalized spacial score (nSPS) is 12.6. The molecule has 0 radical (unpaired) electrons. The summed E-state index contributed by atoms with van der Waals surface area (Å²) >= 11 is 0. The van der Waals surface area contributed by atoms with Crippen LogP contribution in [0.2, 0.25) is 0 Å². The molecule has 0 bridgehead atoms. The van der Waals surface area contributed by atoms with E-state index in [1.807, 2.05) is 0 Å². The van der Waals surface area contributed by atoms with E-state index in [-0.39, 0.29) is 146 Å². The number of carboxylic acid groups (broad SMARTS) is 4. The highest BCUT2D eigenvalue weighted by Gasteiger charge is 2.26. The van der Waals surface area contributed by atoms with E-state index in [0.29, 0.717) is 38.6 Å². The minimum atomic E-state index is -1.43. The third-order valence-corrected chi connectivity index (χ3v) is 12.9. The van der Waals surface area contributed by atoms with E-state index in [1.165, 1.54) is 39.0 Å². The minimum Gasteiger partial charge on any atom is -0.481 e. The Morgan fingerprint density at radius 2 is 0.861 bits per heavy atom. The fraction of sp³-hybridized carbons (Fsp3) is 0.800. The van der Waals surface area contributed by atoms with Crippen molar-refractivity contribution < 1.29 is 92.1 Å². The fourth-order valence-corrected chi connectivity index (χ4v) is 8.20. The average Bonchev–Trinajstić information content (AvgIpc) is 3.39. The average molecular weight is 1130 g/mol. The van der Waals surface area contributed by atoms with Crippen molar-refractivity contribution in [1.29, 1.82) is 0 Å². The zero-order valence-corrected chi connectivity index (χ0v) is 47.1. The van der Waals surface area contributed by atoms with E-state index < -0.39 is 66.6 Å². The molecule has 0 rings (SSSR count). The van der Waals surface area contributed by atoms with Crippen molar-refractivity contribution in [2.75, 3.05) is 73.0 Å². The van der Waals surface area contributed by atoms with E-state index in [1.54, 1.807) is 7.05 Å². The van der Waals surface area contributed by atoms with Gasteiger partial charge in [-0.25, -0.2) is 9.59 Å². The number of unbranched alkanes of at least 4 members (excludes halogenated alkanes) is 14. The van der Waals surface area contributed by atoms with Gasteiger partial charge in [0.05, 0.1) is 45.0 Å². The lowest BCUT2D eigenvalue weighted by Gasteiger charge is -2.15. The summed E-state index contributed by atoms with van der Waals surface area (Å²) in [5, 5.41) is 50.4. The van der Waals surface area contributed by atoms with Crippen LogP contribution in [0.4, 0.5) is 0 Å². The summed E-state index contributed by atoms with van der Waals surface area (Å²) in [6.07, 6.45) is 16.4. The molecule has 0 saturated carbocycles. The first-order valence-corrected chi connectivity index (χ1v) is 28.4. The summed E-state index contributed by atoms with van der Waals surface area (Å²) in [7, 11) is 1.70. The summed E-state index contributed by atoms with van der Waals surface area (Å²) in [5.74, 6) is -8.27. The monoisotopic (exact) mass is 1130 g/mol. The Balaban J connectivity index is 3.97. The second-order valence-corrected chi connectivity index (χ2v) is 19.8. The number of amides is 4. The molecule has 0 aliphatic heterocycles. The highest BCUT2D eigenvalue weighted by molar-refractivity contribution is 5.87. The maximum absolute atomic E-state index is 12.6. The maximum atomic E-state index is 12.6. The first-order valence-electron chi connectivity index (χ1n) is 28.4. The number of ketones is 3. The number of hydrogen-bond donors (Lipinski definition) is 9. The molecule has 454 valence electrons. The molecular formula is C55H95N5O19. The minimum absolute atomic E-state index is 0.00468. The van der Waals surface area contributed by atoms with Crippen LogP contribution in [0, 0.1) is 5.92 Å². The highest BCUT2D eigenvalue weighted by Crippen LogP contribution is 2.16. The molecule has 0 aromatic carbocycles. The van der Waals surface area contributed by atoms with Crippen LogP contribution < -0.4 is 26.6 Å². The van der Waals surface area contributed by atoms with Crippen LogP contribution in [0.3, 0.4) is 0 Å². The molecule has 0 aliphatic rings. The van der Waals surface area contributed by atoms with Crippen molar-refractivity contribution in [2.45, 2.75) is 205 Å². The fourth-order valence-electron chi connectivity index (χ4n) is 8.20. The van der Waals surface area contributed by atoms with Gasteiger partial charge in [-0.1, -0.05) is 77.0 Å². The van der Waals surface area contributed by atoms with Crippen LogP contribution in [-0.2, 0) is 71.7 Å². The Morgan fingerprint density at radius 1 is 0.380 bits per heavy atom. The van der Waals surface area contributed by atoms with E-state index >= 15 is 0 Å². The molecule has 4 amide bonds. The predicted molar refractivity (Wildman–Crippen MR) is 290 cm³/mol. The van der Waals surface area contributed by atoms with Gasteiger partial charge in [-0.2, -0.15) is 0 Å². The van der Waals surface area contributed by atoms with Crippen molar-refractivity contribution in [2.24, 2.45) is 5.92 Å². The Morgan fingerprint density at radius 3 is 1.39 bits per heavy atom. The lowest BCUT2D eigenvalue weighted by Crippen LogP contribution is -2.42. The molecular weight excluding hydrogens is 1030 g/mol. The number of aliphatic carboxylic acids is 4. The van der Waals surface area contributed by atoms with E-state index in [2.05, 4.69) is 26.6 Å². The van der Waals surface area contributed by atoms with Gasteiger partial charge in [-0.05, 0) is 71.8 Å². The lowest BCUT2D eigenvalue weighted by atomic mass is 9.94. The Bertz CT molecular complexity index is 1790. The van der Waals surface area contributed by atoms with Crippen LogP contribution in [0.1, 0.15) is 187 Å². The Labute approximate surface area is 466 Å². The van der Waals surface area contributed by atoms with Gasteiger partial charge in [-0.3, -0.25) is 43.2 Å². The molecule has 9 N–H and O–H groups in total. The molecule has 0 aliphatic carbocycles. The molecule has 24 nitrogen and oxygen atoms in total. The van der Waals surface area contributed by atoms with Crippen molar-refractivity contribution in [1.82, 2.24) is 26.6 Å². The van der Waals surface area contributed by atoms with Crippen molar-refractivity contribution >= 4 is 64.9 Å². The summed E-state index contributed by atoms with van der Waals surface area (Å²) < 4.78 is 21.4. The predicted octanol–water partition coefficient (Wildman–Crippen LogP) is 4.45. The number of ether oxygens (including phenoxy) is 4. The number of Topliss-reactive ketones (excluding diaryl/α,β-unsaturated/α-hetero) is 3. The third-order valence-electron chi connectivity index (χ3n) is 12.9. The van der Waals surface area contributed by atoms with Crippen molar-refractivity contribution in [3.8, 4) is 0 Å².